The van der Waals surface area contributed by atoms with Crippen molar-refractivity contribution in [1.82, 2.24) is 5.32 Å². The van der Waals surface area contributed by atoms with Crippen LogP contribution in [0, 0.1) is 0 Å². The summed E-state index contributed by atoms with van der Waals surface area (Å²) >= 11 is 0. The van der Waals surface area contributed by atoms with E-state index in [-0.39, 0.29) is 12.6 Å². The van der Waals surface area contributed by atoms with Crippen molar-refractivity contribution < 1.29 is 14.3 Å². The molecule has 1 heterocycles. The van der Waals surface area contributed by atoms with Crippen LogP contribution in [-0.4, -0.2) is 36.9 Å². The van der Waals surface area contributed by atoms with Crippen LogP contribution in [-0.2, 0) is 14.3 Å². The number of carbonyl (C=O) groups is 1. The zero-order valence-electron chi connectivity index (χ0n) is 11.4. The highest BCUT2D eigenvalue weighted by Crippen LogP contribution is 2.12. The minimum absolute atomic E-state index is 0.0455. The molecule has 0 aliphatic carbocycles. The fraction of sp³-hybridized carbons (Fsp3) is 0.923. The topological polar surface area (TPSA) is 47.6 Å². The third kappa shape index (κ3) is 6.64. The second kappa shape index (κ2) is 6.36. The lowest BCUT2D eigenvalue weighted by atomic mass is 10.0. The number of rotatable bonds is 4. The third-order valence-electron chi connectivity index (χ3n) is 2.67. The molecular weight excluding hydrogens is 218 g/mol. The van der Waals surface area contributed by atoms with Gasteiger partial charge in [0.15, 0.2) is 0 Å². The molecule has 0 radical (unpaired) electrons. The Morgan fingerprint density at radius 2 is 2.06 bits per heavy atom. The van der Waals surface area contributed by atoms with Crippen molar-refractivity contribution in [2.75, 3.05) is 13.2 Å². The number of piperidine rings is 1. The molecule has 1 rings (SSSR count). The van der Waals surface area contributed by atoms with Crippen LogP contribution >= 0.6 is 0 Å². The van der Waals surface area contributed by atoms with E-state index in [1.807, 2.05) is 20.8 Å². The summed E-state index contributed by atoms with van der Waals surface area (Å²) in [6.07, 6.45) is 3.58. The van der Waals surface area contributed by atoms with Crippen molar-refractivity contribution >= 4 is 5.97 Å². The number of nitrogens with one attached hydrogen (secondary N) is 1. The Labute approximate surface area is 104 Å². The Morgan fingerprint density at radius 1 is 1.35 bits per heavy atom. The van der Waals surface area contributed by atoms with Gasteiger partial charge >= 0.3 is 5.97 Å². The second-order valence-corrected chi connectivity index (χ2v) is 5.80. The summed E-state index contributed by atoms with van der Waals surface area (Å²) < 4.78 is 10.6. The third-order valence-corrected chi connectivity index (χ3v) is 2.67. The summed E-state index contributed by atoms with van der Waals surface area (Å²) in [5, 5.41) is 3.46. The highest BCUT2D eigenvalue weighted by molar-refractivity contribution is 5.71. The zero-order valence-corrected chi connectivity index (χ0v) is 11.4. The van der Waals surface area contributed by atoms with Gasteiger partial charge in [0, 0.05) is 12.1 Å². The Morgan fingerprint density at radius 3 is 2.65 bits per heavy atom. The van der Waals surface area contributed by atoms with E-state index in [0.717, 1.165) is 6.42 Å². The van der Waals surface area contributed by atoms with Gasteiger partial charge in [0.05, 0.1) is 6.61 Å². The normalized spacial score (nSPS) is 25.6. The summed E-state index contributed by atoms with van der Waals surface area (Å²) in [7, 11) is 0. The Bertz CT molecular complexity index is 248. The van der Waals surface area contributed by atoms with E-state index in [1.54, 1.807) is 0 Å². The van der Waals surface area contributed by atoms with Crippen LogP contribution in [0.5, 0.6) is 0 Å². The van der Waals surface area contributed by atoms with Crippen LogP contribution in [0.25, 0.3) is 0 Å². The van der Waals surface area contributed by atoms with Crippen molar-refractivity contribution in [3.63, 3.8) is 0 Å². The summed E-state index contributed by atoms with van der Waals surface area (Å²) in [4.78, 5) is 11.4. The number of hydrogen-bond acceptors (Lipinski definition) is 4. The van der Waals surface area contributed by atoms with E-state index >= 15 is 0 Å². The SMILES string of the molecule is C[C@H]1CCC[C@@H](COCC(=O)OC(C)(C)C)N1. The molecule has 1 aliphatic heterocycles. The Kier molecular flexibility index (Phi) is 5.40. The summed E-state index contributed by atoms with van der Waals surface area (Å²) in [6.45, 7) is 8.38. The first kappa shape index (κ1) is 14.5. The maximum absolute atomic E-state index is 11.4. The molecule has 1 saturated heterocycles. The van der Waals surface area contributed by atoms with E-state index in [2.05, 4.69) is 12.2 Å². The van der Waals surface area contributed by atoms with E-state index in [9.17, 15) is 4.79 Å². The van der Waals surface area contributed by atoms with Crippen LogP contribution in [0.4, 0.5) is 0 Å². The van der Waals surface area contributed by atoms with Gasteiger partial charge in [0.25, 0.3) is 0 Å². The molecule has 0 unspecified atom stereocenters. The Hall–Kier alpha value is -0.610. The van der Waals surface area contributed by atoms with Crippen molar-refractivity contribution in [1.29, 1.82) is 0 Å². The molecule has 0 amide bonds. The standard InChI is InChI=1S/C13H25NO3/c1-10-6-5-7-11(14-10)8-16-9-12(15)17-13(2,3)4/h10-11,14H,5-9H2,1-4H3/t10-,11-/m0/s1. The van der Waals surface area contributed by atoms with Gasteiger partial charge in [0.2, 0.25) is 0 Å². The van der Waals surface area contributed by atoms with Crippen molar-refractivity contribution in [3.05, 3.63) is 0 Å². The maximum Gasteiger partial charge on any atom is 0.332 e. The first-order chi connectivity index (χ1) is 7.87. The molecule has 0 aromatic rings. The fourth-order valence-corrected chi connectivity index (χ4v) is 2.03. The molecule has 4 heteroatoms. The number of carbonyl (C=O) groups excluding carboxylic acids is 1. The first-order valence-electron chi connectivity index (χ1n) is 6.42. The molecule has 0 bridgehead atoms. The average Bonchev–Trinajstić information content (AvgIpc) is 2.14. The average molecular weight is 243 g/mol. The molecule has 17 heavy (non-hydrogen) atoms. The van der Waals surface area contributed by atoms with Gasteiger partial charge in [-0.05, 0) is 40.5 Å². The van der Waals surface area contributed by atoms with E-state index < -0.39 is 5.60 Å². The lowest BCUT2D eigenvalue weighted by Gasteiger charge is -2.28. The zero-order chi connectivity index (χ0) is 12.9. The van der Waals surface area contributed by atoms with E-state index in [1.165, 1.54) is 12.8 Å². The quantitative estimate of drug-likeness (QED) is 0.766. The monoisotopic (exact) mass is 243 g/mol. The smallest absolute Gasteiger partial charge is 0.332 e. The van der Waals surface area contributed by atoms with Crippen LogP contribution in [0.2, 0.25) is 0 Å². The summed E-state index contributed by atoms with van der Waals surface area (Å²) in [5.41, 5.74) is -0.432. The van der Waals surface area contributed by atoms with Crippen molar-refractivity contribution in [2.24, 2.45) is 0 Å². The van der Waals surface area contributed by atoms with Gasteiger partial charge in [0.1, 0.15) is 12.2 Å². The molecular formula is C13H25NO3. The van der Waals surface area contributed by atoms with Gasteiger partial charge in [-0.1, -0.05) is 6.42 Å². The molecule has 1 aliphatic rings. The van der Waals surface area contributed by atoms with Crippen LogP contribution in [0.3, 0.4) is 0 Å². The maximum atomic E-state index is 11.4. The molecule has 0 aromatic heterocycles. The lowest BCUT2D eigenvalue weighted by Crippen LogP contribution is -2.43. The van der Waals surface area contributed by atoms with Crippen LogP contribution in [0.1, 0.15) is 47.0 Å². The van der Waals surface area contributed by atoms with Gasteiger partial charge in [-0.2, -0.15) is 0 Å². The molecule has 100 valence electrons. The van der Waals surface area contributed by atoms with Gasteiger partial charge in [-0.15, -0.1) is 0 Å². The van der Waals surface area contributed by atoms with Crippen molar-refractivity contribution in [2.45, 2.75) is 64.6 Å². The minimum atomic E-state index is -0.432. The molecule has 4 nitrogen and oxygen atoms in total. The van der Waals surface area contributed by atoms with E-state index in [4.69, 9.17) is 9.47 Å². The predicted octanol–water partition coefficient (Wildman–Crippen LogP) is 1.88. The highest BCUT2D eigenvalue weighted by atomic mass is 16.6. The second-order valence-electron chi connectivity index (χ2n) is 5.80. The molecule has 2 atom stereocenters. The van der Waals surface area contributed by atoms with Crippen molar-refractivity contribution in [3.8, 4) is 0 Å². The largest absolute Gasteiger partial charge is 0.458 e. The van der Waals surface area contributed by atoms with Crippen LogP contribution < -0.4 is 5.32 Å². The number of ether oxygens (including phenoxy) is 2. The summed E-state index contributed by atoms with van der Waals surface area (Å²) in [6, 6.07) is 0.931. The Balaban J connectivity index is 2.13. The lowest BCUT2D eigenvalue weighted by molar-refractivity contribution is -0.160. The molecule has 0 saturated carbocycles. The molecule has 1 fully saturated rings. The van der Waals surface area contributed by atoms with Gasteiger partial charge in [-0.25, -0.2) is 4.79 Å². The minimum Gasteiger partial charge on any atom is -0.458 e. The number of hydrogen-bond donors (Lipinski definition) is 1. The number of esters is 1. The molecule has 0 spiro atoms. The van der Waals surface area contributed by atoms with E-state index in [0.29, 0.717) is 18.7 Å². The van der Waals surface area contributed by atoms with Gasteiger partial charge in [-0.3, -0.25) is 0 Å². The molecule has 0 aromatic carbocycles. The predicted molar refractivity (Wildman–Crippen MR) is 66.9 cm³/mol. The summed E-state index contributed by atoms with van der Waals surface area (Å²) in [5.74, 6) is -0.290. The molecule has 1 N–H and O–H groups in total. The van der Waals surface area contributed by atoms with Gasteiger partial charge < -0.3 is 14.8 Å². The fourth-order valence-electron chi connectivity index (χ4n) is 2.03. The first-order valence-corrected chi connectivity index (χ1v) is 6.42. The highest BCUT2D eigenvalue weighted by Gasteiger charge is 2.19. The van der Waals surface area contributed by atoms with Crippen LogP contribution in [0.15, 0.2) is 0 Å².